The van der Waals surface area contributed by atoms with E-state index in [1.165, 1.54) is 11.1 Å². The number of hydrogen-bond acceptors (Lipinski definition) is 2. The SMILES string of the molecule is Cc1ccc(-c2nc(-c3ccc(C=O)cc3)[nH]c2-c2ccc(C)cc2)cc1. The van der Waals surface area contributed by atoms with Crippen molar-refractivity contribution < 1.29 is 4.79 Å². The van der Waals surface area contributed by atoms with Gasteiger partial charge >= 0.3 is 0 Å². The summed E-state index contributed by atoms with van der Waals surface area (Å²) in [6.07, 6.45) is 0.849. The Morgan fingerprint density at radius 2 is 1.22 bits per heavy atom. The number of H-pyrrole nitrogens is 1. The summed E-state index contributed by atoms with van der Waals surface area (Å²) in [5, 5.41) is 0. The number of imidazole rings is 1. The third-order valence-corrected chi connectivity index (χ3v) is 4.69. The Kier molecular flexibility index (Phi) is 4.43. The molecule has 3 aromatic carbocycles. The number of aromatic nitrogens is 2. The van der Waals surface area contributed by atoms with Crippen LogP contribution in [0, 0.1) is 13.8 Å². The maximum atomic E-state index is 10.9. The molecule has 0 atom stereocenters. The fourth-order valence-corrected chi connectivity index (χ4v) is 3.08. The highest BCUT2D eigenvalue weighted by molar-refractivity contribution is 5.82. The Labute approximate surface area is 158 Å². The lowest BCUT2D eigenvalue weighted by atomic mass is 10.0. The first-order valence-corrected chi connectivity index (χ1v) is 8.94. The van der Waals surface area contributed by atoms with Crippen LogP contribution in [0.4, 0.5) is 0 Å². The average Bonchev–Trinajstić information content (AvgIpc) is 3.14. The van der Waals surface area contributed by atoms with Crippen LogP contribution >= 0.6 is 0 Å². The first-order chi connectivity index (χ1) is 13.1. The van der Waals surface area contributed by atoms with E-state index in [9.17, 15) is 4.79 Å². The van der Waals surface area contributed by atoms with Crippen molar-refractivity contribution in [3.63, 3.8) is 0 Å². The third kappa shape index (κ3) is 3.44. The fraction of sp³-hybridized carbons (Fsp3) is 0.0833. The molecular formula is C24H20N2O. The Morgan fingerprint density at radius 1 is 0.704 bits per heavy atom. The maximum absolute atomic E-state index is 10.9. The molecule has 4 rings (SSSR count). The van der Waals surface area contributed by atoms with E-state index in [-0.39, 0.29) is 0 Å². The second kappa shape index (κ2) is 7.04. The minimum atomic E-state index is 0.655. The second-order valence-electron chi connectivity index (χ2n) is 6.78. The molecule has 4 aromatic rings. The predicted molar refractivity (Wildman–Crippen MR) is 110 cm³/mol. The summed E-state index contributed by atoms with van der Waals surface area (Å²) in [5.41, 5.74) is 8.13. The van der Waals surface area contributed by atoms with Gasteiger partial charge in [0.15, 0.2) is 0 Å². The summed E-state index contributed by atoms with van der Waals surface area (Å²) in [4.78, 5) is 19.3. The minimum absolute atomic E-state index is 0.655. The molecule has 0 amide bonds. The minimum Gasteiger partial charge on any atom is -0.337 e. The smallest absolute Gasteiger partial charge is 0.150 e. The molecule has 3 heteroatoms. The third-order valence-electron chi connectivity index (χ3n) is 4.69. The van der Waals surface area contributed by atoms with Crippen LogP contribution < -0.4 is 0 Å². The quantitative estimate of drug-likeness (QED) is 0.469. The average molecular weight is 352 g/mol. The van der Waals surface area contributed by atoms with Crippen molar-refractivity contribution in [3.05, 3.63) is 89.5 Å². The zero-order valence-electron chi connectivity index (χ0n) is 15.4. The number of aldehydes is 1. The molecule has 0 saturated heterocycles. The first kappa shape index (κ1) is 17.0. The summed E-state index contributed by atoms with van der Waals surface area (Å²) in [7, 11) is 0. The highest BCUT2D eigenvalue weighted by Crippen LogP contribution is 2.33. The standard InChI is InChI=1S/C24H20N2O/c1-16-3-9-19(10-4-16)22-23(20-11-5-17(2)6-12-20)26-24(25-22)21-13-7-18(15-27)8-14-21/h3-15H,1-2H3,(H,25,26). The normalized spacial score (nSPS) is 10.7. The van der Waals surface area contributed by atoms with Gasteiger partial charge in [0.05, 0.1) is 11.4 Å². The summed E-state index contributed by atoms with van der Waals surface area (Å²) in [6.45, 7) is 4.16. The van der Waals surface area contributed by atoms with Crippen molar-refractivity contribution >= 4 is 6.29 Å². The molecule has 0 aliphatic rings. The Balaban J connectivity index is 1.86. The van der Waals surface area contributed by atoms with Crippen LogP contribution in [0.25, 0.3) is 33.9 Å². The summed E-state index contributed by atoms with van der Waals surface area (Å²) < 4.78 is 0. The van der Waals surface area contributed by atoms with Gasteiger partial charge in [0.2, 0.25) is 0 Å². The molecule has 0 aliphatic carbocycles. The molecule has 0 aliphatic heterocycles. The van der Waals surface area contributed by atoms with Gasteiger partial charge in [-0.15, -0.1) is 0 Å². The number of rotatable bonds is 4. The van der Waals surface area contributed by atoms with Gasteiger partial charge in [-0.2, -0.15) is 0 Å². The van der Waals surface area contributed by atoms with Crippen molar-refractivity contribution in [3.8, 4) is 33.9 Å². The number of aryl methyl sites for hydroxylation is 2. The predicted octanol–water partition coefficient (Wildman–Crippen LogP) is 5.84. The number of aromatic amines is 1. The van der Waals surface area contributed by atoms with E-state index >= 15 is 0 Å². The van der Waals surface area contributed by atoms with Crippen LogP contribution in [0.15, 0.2) is 72.8 Å². The largest absolute Gasteiger partial charge is 0.337 e. The van der Waals surface area contributed by atoms with Gasteiger partial charge in [0.1, 0.15) is 12.1 Å². The van der Waals surface area contributed by atoms with Crippen LogP contribution in [0.2, 0.25) is 0 Å². The number of carbonyl (C=O) groups excluding carboxylic acids is 1. The molecule has 1 N–H and O–H groups in total. The molecule has 1 heterocycles. The zero-order chi connectivity index (χ0) is 18.8. The first-order valence-electron chi connectivity index (χ1n) is 8.94. The van der Waals surface area contributed by atoms with Gasteiger partial charge in [0.25, 0.3) is 0 Å². The van der Waals surface area contributed by atoms with Crippen molar-refractivity contribution in [1.82, 2.24) is 9.97 Å². The van der Waals surface area contributed by atoms with E-state index in [0.717, 1.165) is 40.2 Å². The van der Waals surface area contributed by atoms with Crippen molar-refractivity contribution in [2.75, 3.05) is 0 Å². The molecule has 0 radical (unpaired) electrons. The Morgan fingerprint density at radius 3 is 1.78 bits per heavy atom. The summed E-state index contributed by atoms with van der Waals surface area (Å²) in [5.74, 6) is 0.790. The summed E-state index contributed by atoms with van der Waals surface area (Å²) >= 11 is 0. The number of hydrogen-bond donors (Lipinski definition) is 1. The lowest BCUT2D eigenvalue weighted by molar-refractivity contribution is 0.112. The monoisotopic (exact) mass is 352 g/mol. The lowest BCUT2D eigenvalue weighted by Crippen LogP contribution is -1.84. The van der Waals surface area contributed by atoms with Crippen LogP contribution in [0.3, 0.4) is 0 Å². The molecule has 0 saturated carbocycles. The second-order valence-corrected chi connectivity index (χ2v) is 6.78. The molecule has 27 heavy (non-hydrogen) atoms. The molecule has 3 nitrogen and oxygen atoms in total. The molecule has 0 bridgehead atoms. The lowest BCUT2D eigenvalue weighted by Gasteiger charge is -2.04. The number of nitrogens with one attached hydrogen (secondary N) is 1. The Bertz CT molecular complexity index is 1010. The fourth-order valence-electron chi connectivity index (χ4n) is 3.08. The van der Waals surface area contributed by atoms with Crippen LogP contribution in [-0.4, -0.2) is 16.3 Å². The van der Waals surface area contributed by atoms with Crippen LogP contribution in [0.5, 0.6) is 0 Å². The van der Waals surface area contributed by atoms with E-state index in [0.29, 0.717) is 5.56 Å². The van der Waals surface area contributed by atoms with Crippen molar-refractivity contribution in [2.45, 2.75) is 13.8 Å². The van der Waals surface area contributed by atoms with Gasteiger partial charge < -0.3 is 4.98 Å². The van der Waals surface area contributed by atoms with E-state index < -0.39 is 0 Å². The highest BCUT2D eigenvalue weighted by atomic mass is 16.1. The van der Waals surface area contributed by atoms with Crippen molar-refractivity contribution in [1.29, 1.82) is 0 Å². The Hall–Kier alpha value is -3.46. The van der Waals surface area contributed by atoms with Gasteiger partial charge in [-0.05, 0) is 13.8 Å². The van der Waals surface area contributed by atoms with E-state index in [4.69, 9.17) is 4.98 Å². The number of carbonyl (C=O) groups is 1. The zero-order valence-corrected chi connectivity index (χ0v) is 15.4. The molecule has 0 unspecified atom stereocenters. The maximum Gasteiger partial charge on any atom is 0.150 e. The highest BCUT2D eigenvalue weighted by Gasteiger charge is 2.15. The van der Waals surface area contributed by atoms with E-state index in [2.05, 4.69) is 67.4 Å². The topological polar surface area (TPSA) is 45.8 Å². The summed E-state index contributed by atoms with van der Waals surface area (Å²) in [6, 6.07) is 24.3. The molecule has 0 fully saturated rings. The molecule has 0 spiro atoms. The van der Waals surface area contributed by atoms with Gasteiger partial charge in [0, 0.05) is 22.3 Å². The number of benzene rings is 3. The van der Waals surface area contributed by atoms with Crippen molar-refractivity contribution in [2.24, 2.45) is 0 Å². The van der Waals surface area contributed by atoms with E-state index in [1.807, 2.05) is 24.3 Å². The molecule has 132 valence electrons. The van der Waals surface area contributed by atoms with Gasteiger partial charge in [-0.1, -0.05) is 83.9 Å². The van der Waals surface area contributed by atoms with Gasteiger partial charge in [-0.25, -0.2) is 4.98 Å². The van der Waals surface area contributed by atoms with Crippen LogP contribution in [0.1, 0.15) is 21.5 Å². The van der Waals surface area contributed by atoms with Crippen LogP contribution in [-0.2, 0) is 0 Å². The number of nitrogens with zero attached hydrogens (tertiary/aromatic N) is 1. The van der Waals surface area contributed by atoms with Gasteiger partial charge in [-0.3, -0.25) is 4.79 Å². The molecule has 1 aromatic heterocycles. The molecular weight excluding hydrogens is 332 g/mol. The van der Waals surface area contributed by atoms with E-state index in [1.54, 1.807) is 0 Å².